The number of aromatic nitrogens is 1. The number of Topliss-reactive ketones (excluding diaryl/α,β-unsaturated/α-hetero) is 1. The molecule has 0 saturated carbocycles. The van der Waals surface area contributed by atoms with E-state index in [0.29, 0.717) is 5.56 Å². The molecule has 0 unspecified atom stereocenters. The first-order chi connectivity index (χ1) is 12.3. The molecule has 26 heavy (non-hydrogen) atoms. The summed E-state index contributed by atoms with van der Waals surface area (Å²) in [6.07, 6.45) is 1.06. The fourth-order valence-electron chi connectivity index (χ4n) is 2.86. The molecule has 2 aromatic rings. The van der Waals surface area contributed by atoms with Crippen molar-refractivity contribution in [3.63, 3.8) is 0 Å². The number of amidine groups is 1. The number of benzene rings is 1. The lowest BCUT2D eigenvalue weighted by Crippen LogP contribution is -2.38. The van der Waals surface area contributed by atoms with Gasteiger partial charge in [0.25, 0.3) is 0 Å². The zero-order valence-corrected chi connectivity index (χ0v) is 14.7. The van der Waals surface area contributed by atoms with Crippen LogP contribution in [0.15, 0.2) is 35.5 Å². The Morgan fingerprint density at radius 3 is 2.81 bits per heavy atom. The van der Waals surface area contributed by atoms with E-state index >= 15 is 0 Å². The second kappa shape index (κ2) is 7.09. The number of nitrogens with two attached hydrogens (primary N) is 1. The van der Waals surface area contributed by atoms with Gasteiger partial charge in [0.1, 0.15) is 29.5 Å². The monoisotopic (exact) mass is 379 g/mol. The van der Waals surface area contributed by atoms with E-state index in [2.05, 4.69) is 9.98 Å². The highest BCUT2D eigenvalue weighted by Gasteiger charge is 2.33. The van der Waals surface area contributed by atoms with Gasteiger partial charge in [0.2, 0.25) is 0 Å². The molecule has 1 aliphatic rings. The van der Waals surface area contributed by atoms with Crippen LogP contribution in [0.25, 0.3) is 0 Å². The van der Waals surface area contributed by atoms with E-state index in [4.69, 9.17) is 22.1 Å². The third-order valence-electron chi connectivity index (χ3n) is 4.07. The van der Waals surface area contributed by atoms with E-state index < -0.39 is 23.0 Å². The fourth-order valence-corrected chi connectivity index (χ4v) is 3.00. The summed E-state index contributed by atoms with van der Waals surface area (Å²) < 4.78 is 33.6. The SMILES string of the molecule is C[C@@]1(c2cc(CC(=O)c3ncc(Cl)cc3F)ccc2F)COCC(N)=N1. The van der Waals surface area contributed by atoms with E-state index in [0.717, 1.165) is 6.07 Å². The molecule has 0 saturated heterocycles. The number of aliphatic imine (C=N–C) groups is 1. The Bertz CT molecular complexity index is 904. The van der Waals surface area contributed by atoms with Gasteiger partial charge in [-0.25, -0.2) is 13.8 Å². The third kappa shape index (κ3) is 3.73. The Morgan fingerprint density at radius 1 is 1.35 bits per heavy atom. The van der Waals surface area contributed by atoms with E-state index in [-0.39, 0.29) is 41.8 Å². The first-order valence-corrected chi connectivity index (χ1v) is 8.21. The smallest absolute Gasteiger partial charge is 0.188 e. The molecule has 0 bridgehead atoms. The minimum absolute atomic E-state index is 0.101. The summed E-state index contributed by atoms with van der Waals surface area (Å²) in [4.78, 5) is 20.4. The van der Waals surface area contributed by atoms with Crippen LogP contribution in [-0.2, 0) is 16.7 Å². The van der Waals surface area contributed by atoms with Crippen molar-refractivity contribution in [3.8, 4) is 0 Å². The minimum Gasteiger partial charge on any atom is -0.386 e. The van der Waals surface area contributed by atoms with Gasteiger partial charge in [0, 0.05) is 18.2 Å². The van der Waals surface area contributed by atoms with Crippen LogP contribution in [-0.4, -0.2) is 29.8 Å². The average molecular weight is 380 g/mol. The number of pyridine rings is 1. The number of hydrogen-bond acceptors (Lipinski definition) is 5. The molecule has 0 spiro atoms. The molecule has 0 amide bonds. The minimum atomic E-state index is -0.991. The van der Waals surface area contributed by atoms with Crippen molar-refractivity contribution in [2.45, 2.75) is 18.9 Å². The Balaban J connectivity index is 1.90. The second-order valence-electron chi connectivity index (χ2n) is 6.27. The Kier molecular flexibility index (Phi) is 5.02. The highest BCUT2D eigenvalue weighted by atomic mass is 35.5. The van der Waals surface area contributed by atoms with Crippen LogP contribution in [0.1, 0.15) is 28.5 Å². The van der Waals surface area contributed by atoms with Crippen LogP contribution >= 0.6 is 11.6 Å². The quantitative estimate of drug-likeness (QED) is 0.828. The number of rotatable bonds is 4. The predicted molar refractivity (Wildman–Crippen MR) is 93.4 cm³/mol. The van der Waals surface area contributed by atoms with Crippen molar-refractivity contribution in [1.82, 2.24) is 4.98 Å². The van der Waals surface area contributed by atoms with Crippen LogP contribution in [0.3, 0.4) is 0 Å². The van der Waals surface area contributed by atoms with Crippen molar-refractivity contribution in [1.29, 1.82) is 0 Å². The van der Waals surface area contributed by atoms with Crippen molar-refractivity contribution < 1.29 is 18.3 Å². The summed E-state index contributed by atoms with van der Waals surface area (Å²) in [6.45, 7) is 2.05. The summed E-state index contributed by atoms with van der Waals surface area (Å²) in [7, 11) is 0. The molecule has 1 atom stereocenters. The Morgan fingerprint density at radius 2 is 2.12 bits per heavy atom. The van der Waals surface area contributed by atoms with Crippen molar-refractivity contribution in [2.75, 3.05) is 13.2 Å². The predicted octanol–water partition coefficient (Wildman–Crippen LogP) is 3.04. The van der Waals surface area contributed by atoms with Crippen LogP contribution < -0.4 is 5.73 Å². The molecule has 3 rings (SSSR count). The van der Waals surface area contributed by atoms with Crippen molar-refractivity contribution in [3.05, 3.63) is 63.9 Å². The van der Waals surface area contributed by atoms with Gasteiger partial charge in [0.15, 0.2) is 11.6 Å². The second-order valence-corrected chi connectivity index (χ2v) is 6.70. The van der Waals surface area contributed by atoms with Crippen molar-refractivity contribution in [2.24, 2.45) is 10.7 Å². The summed E-state index contributed by atoms with van der Waals surface area (Å²) in [6, 6.07) is 5.25. The molecule has 0 radical (unpaired) electrons. The largest absolute Gasteiger partial charge is 0.386 e. The van der Waals surface area contributed by atoms with Gasteiger partial charge in [-0.15, -0.1) is 0 Å². The first kappa shape index (κ1) is 18.4. The van der Waals surface area contributed by atoms with Gasteiger partial charge < -0.3 is 10.5 Å². The van der Waals surface area contributed by atoms with Gasteiger partial charge in [0.05, 0.1) is 11.6 Å². The maximum atomic E-state index is 14.4. The Labute approximate surface area is 153 Å². The lowest BCUT2D eigenvalue weighted by molar-refractivity contribution is 0.0983. The van der Waals surface area contributed by atoms with Crippen molar-refractivity contribution >= 4 is 23.2 Å². The normalized spacial score (nSPS) is 19.9. The van der Waals surface area contributed by atoms with Gasteiger partial charge >= 0.3 is 0 Å². The molecule has 2 N–H and O–H groups in total. The van der Waals surface area contributed by atoms with Gasteiger partial charge in [-0.05, 0) is 30.7 Å². The van der Waals surface area contributed by atoms with E-state index in [9.17, 15) is 13.6 Å². The Hall–Kier alpha value is -2.38. The van der Waals surface area contributed by atoms with Crippen LogP contribution in [0.2, 0.25) is 5.02 Å². The van der Waals surface area contributed by atoms with Crippen LogP contribution in [0, 0.1) is 11.6 Å². The molecule has 2 heterocycles. The fraction of sp³-hybridized carbons (Fsp3) is 0.278. The number of ether oxygens (including phenoxy) is 1. The van der Waals surface area contributed by atoms with Gasteiger partial charge in [-0.3, -0.25) is 9.79 Å². The molecule has 5 nitrogen and oxygen atoms in total. The average Bonchev–Trinajstić information content (AvgIpc) is 2.56. The van der Waals surface area contributed by atoms with Gasteiger partial charge in [-0.1, -0.05) is 17.7 Å². The third-order valence-corrected chi connectivity index (χ3v) is 4.28. The van der Waals surface area contributed by atoms with E-state index in [1.165, 1.54) is 24.4 Å². The van der Waals surface area contributed by atoms with E-state index in [1.54, 1.807) is 6.92 Å². The highest BCUT2D eigenvalue weighted by molar-refractivity contribution is 6.30. The van der Waals surface area contributed by atoms with Crippen LogP contribution in [0.4, 0.5) is 8.78 Å². The van der Waals surface area contributed by atoms with Crippen LogP contribution in [0.5, 0.6) is 0 Å². The molecule has 1 aromatic carbocycles. The maximum absolute atomic E-state index is 14.4. The summed E-state index contributed by atoms with van der Waals surface area (Å²) in [5, 5.41) is 0.101. The lowest BCUT2D eigenvalue weighted by Gasteiger charge is -2.30. The standard InChI is InChI=1S/C18H16ClF2N3O2/c1-18(9-26-8-16(22)24-18)12-4-10(2-3-13(12)20)5-15(25)17-14(21)6-11(19)7-23-17/h2-4,6-7H,5,8-9H2,1H3,(H2,22,24)/t18-/m0/s1. The number of hydrogen-bond donors (Lipinski definition) is 1. The number of ketones is 1. The summed E-state index contributed by atoms with van der Waals surface area (Å²) >= 11 is 5.64. The zero-order valence-electron chi connectivity index (χ0n) is 13.9. The molecule has 8 heteroatoms. The van der Waals surface area contributed by atoms with E-state index in [1.807, 2.05) is 0 Å². The molecular formula is C18H16ClF2N3O2. The molecule has 1 aliphatic heterocycles. The molecule has 136 valence electrons. The summed E-state index contributed by atoms with van der Waals surface area (Å²) in [5.74, 6) is -1.55. The molecule has 1 aromatic heterocycles. The number of nitrogens with zero attached hydrogens (tertiary/aromatic N) is 2. The summed E-state index contributed by atoms with van der Waals surface area (Å²) in [5.41, 5.74) is 5.17. The lowest BCUT2D eigenvalue weighted by atomic mass is 9.90. The number of carbonyl (C=O) groups excluding carboxylic acids is 1. The highest BCUT2D eigenvalue weighted by Crippen LogP contribution is 2.31. The number of halogens is 3. The molecular weight excluding hydrogens is 364 g/mol. The molecule has 0 aliphatic carbocycles. The molecule has 0 fully saturated rings. The van der Waals surface area contributed by atoms with Gasteiger partial charge in [-0.2, -0.15) is 0 Å². The topological polar surface area (TPSA) is 77.6 Å². The zero-order chi connectivity index (χ0) is 18.9. The number of carbonyl (C=O) groups is 1. The maximum Gasteiger partial charge on any atom is 0.188 e. The first-order valence-electron chi connectivity index (χ1n) is 7.83.